The first-order chi connectivity index (χ1) is 9.33. The molecule has 100 valence electrons. The number of anilines is 1. The molecule has 0 bridgehead atoms. The van der Waals surface area contributed by atoms with Crippen LogP contribution in [0, 0.1) is 0 Å². The molecule has 1 aliphatic carbocycles. The summed E-state index contributed by atoms with van der Waals surface area (Å²) in [7, 11) is 0. The van der Waals surface area contributed by atoms with Crippen molar-refractivity contribution in [2.45, 2.75) is 42.6 Å². The highest BCUT2D eigenvalue weighted by molar-refractivity contribution is 7.98. The van der Waals surface area contributed by atoms with Gasteiger partial charge < -0.3 is 5.73 Å². The van der Waals surface area contributed by atoms with Crippen LogP contribution in [-0.2, 0) is 5.75 Å². The second-order valence-electron chi connectivity index (χ2n) is 4.72. The van der Waals surface area contributed by atoms with Crippen molar-refractivity contribution < 1.29 is 0 Å². The third kappa shape index (κ3) is 2.86. The number of rotatable bonds is 4. The van der Waals surface area contributed by atoms with Gasteiger partial charge in [-0.1, -0.05) is 24.6 Å². The number of thioether (sulfide) groups is 1. The number of aromatic nitrogens is 5. The largest absolute Gasteiger partial charge is 0.384 e. The molecule has 6 nitrogen and oxygen atoms in total. The highest BCUT2D eigenvalue weighted by atomic mass is 32.2. The minimum atomic E-state index is 0.472. The normalized spacial score (nSPS) is 16.0. The Morgan fingerprint density at radius 1 is 1.37 bits per heavy atom. The highest BCUT2D eigenvalue weighted by Gasteiger charge is 2.21. The number of pyridine rings is 1. The van der Waals surface area contributed by atoms with Gasteiger partial charge in [-0.3, -0.25) is 0 Å². The molecule has 0 amide bonds. The smallest absolute Gasteiger partial charge is 0.209 e. The van der Waals surface area contributed by atoms with Crippen LogP contribution >= 0.6 is 11.8 Å². The maximum atomic E-state index is 5.67. The van der Waals surface area contributed by atoms with Crippen molar-refractivity contribution in [3.63, 3.8) is 0 Å². The van der Waals surface area contributed by atoms with Gasteiger partial charge in [-0.05, 0) is 41.0 Å². The van der Waals surface area contributed by atoms with Gasteiger partial charge in [0, 0.05) is 11.9 Å². The molecule has 2 aromatic heterocycles. The van der Waals surface area contributed by atoms with Gasteiger partial charge in [0.15, 0.2) is 0 Å². The first-order valence-corrected chi connectivity index (χ1v) is 7.42. The van der Waals surface area contributed by atoms with Crippen molar-refractivity contribution >= 4 is 17.6 Å². The Balaban J connectivity index is 1.68. The van der Waals surface area contributed by atoms with Crippen LogP contribution < -0.4 is 5.73 Å². The molecule has 1 saturated carbocycles. The molecular formula is C12H16N6S. The van der Waals surface area contributed by atoms with Gasteiger partial charge in [0.2, 0.25) is 5.16 Å². The molecule has 3 rings (SSSR count). The Morgan fingerprint density at radius 3 is 3.00 bits per heavy atom. The minimum Gasteiger partial charge on any atom is -0.384 e. The van der Waals surface area contributed by atoms with E-state index in [-0.39, 0.29) is 0 Å². The molecule has 7 heteroatoms. The van der Waals surface area contributed by atoms with Gasteiger partial charge in [0.05, 0.1) is 6.04 Å². The van der Waals surface area contributed by atoms with Crippen molar-refractivity contribution in [3.05, 3.63) is 23.9 Å². The molecule has 2 aromatic rings. The number of nitrogens with two attached hydrogens (primary N) is 1. The lowest BCUT2D eigenvalue weighted by Gasteiger charge is -2.10. The van der Waals surface area contributed by atoms with Crippen LogP contribution in [0.1, 0.15) is 37.3 Å². The molecule has 1 fully saturated rings. The quantitative estimate of drug-likeness (QED) is 0.861. The van der Waals surface area contributed by atoms with Crippen molar-refractivity contribution in [3.8, 4) is 0 Å². The lowest BCUT2D eigenvalue weighted by atomic mass is 10.3. The van der Waals surface area contributed by atoms with E-state index in [9.17, 15) is 0 Å². The van der Waals surface area contributed by atoms with Crippen LogP contribution in [0.5, 0.6) is 0 Å². The summed E-state index contributed by atoms with van der Waals surface area (Å²) in [4.78, 5) is 3.99. The molecule has 1 aliphatic rings. The van der Waals surface area contributed by atoms with Crippen LogP contribution in [-0.4, -0.2) is 25.2 Å². The fraction of sp³-hybridized carbons (Fsp3) is 0.500. The van der Waals surface area contributed by atoms with E-state index in [1.807, 2.05) is 16.8 Å². The van der Waals surface area contributed by atoms with Gasteiger partial charge in [0.1, 0.15) is 5.82 Å². The molecule has 0 unspecified atom stereocenters. The second-order valence-corrected chi connectivity index (χ2v) is 5.66. The van der Waals surface area contributed by atoms with Gasteiger partial charge >= 0.3 is 0 Å². The standard InChI is InChI=1S/C12H16N6S/c13-11-7-9(5-6-14-11)8-19-12-15-16-17-18(12)10-3-1-2-4-10/h5-7,10H,1-4,8H2,(H2,13,14). The molecular weight excluding hydrogens is 260 g/mol. The third-order valence-electron chi connectivity index (χ3n) is 3.35. The summed E-state index contributed by atoms with van der Waals surface area (Å²) in [5.74, 6) is 1.35. The zero-order valence-corrected chi connectivity index (χ0v) is 11.4. The van der Waals surface area contributed by atoms with E-state index in [1.54, 1.807) is 18.0 Å². The lowest BCUT2D eigenvalue weighted by molar-refractivity contribution is 0.423. The number of tetrazole rings is 1. The van der Waals surface area contributed by atoms with Crippen LogP contribution in [0.2, 0.25) is 0 Å². The monoisotopic (exact) mass is 276 g/mol. The number of hydrogen-bond acceptors (Lipinski definition) is 6. The molecule has 0 saturated heterocycles. The van der Waals surface area contributed by atoms with E-state index in [1.165, 1.54) is 25.7 Å². The summed E-state index contributed by atoms with van der Waals surface area (Å²) in [6.45, 7) is 0. The van der Waals surface area contributed by atoms with Crippen LogP contribution in [0.15, 0.2) is 23.5 Å². The Hall–Kier alpha value is -1.63. The summed E-state index contributed by atoms with van der Waals surface area (Å²) >= 11 is 1.65. The van der Waals surface area contributed by atoms with Crippen molar-refractivity contribution in [1.82, 2.24) is 25.2 Å². The second kappa shape index (κ2) is 5.56. The number of hydrogen-bond donors (Lipinski definition) is 1. The zero-order chi connectivity index (χ0) is 13.1. The molecule has 0 atom stereocenters. The van der Waals surface area contributed by atoms with Crippen molar-refractivity contribution in [1.29, 1.82) is 0 Å². The summed E-state index contributed by atoms with van der Waals surface area (Å²) in [6, 6.07) is 4.32. The van der Waals surface area contributed by atoms with Crippen molar-refractivity contribution in [2.24, 2.45) is 0 Å². The molecule has 2 heterocycles. The van der Waals surface area contributed by atoms with E-state index >= 15 is 0 Å². The maximum Gasteiger partial charge on any atom is 0.209 e. The predicted octanol–water partition coefficient (Wildman–Crippen LogP) is 2.06. The van der Waals surface area contributed by atoms with Crippen LogP contribution in [0.4, 0.5) is 5.82 Å². The van der Waals surface area contributed by atoms with Crippen molar-refractivity contribution in [2.75, 3.05) is 5.73 Å². The Bertz CT molecular complexity index is 549. The van der Waals surface area contributed by atoms with E-state index < -0.39 is 0 Å². The average molecular weight is 276 g/mol. The summed E-state index contributed by atoms with van der Waals surface area (Å²) < 4.78 is 1.97. The summed E-state index contributed by atoms with van der Waals surface area (Å²) in [6.07, 6.45) is 6.64. The average Bonchev–Trinajstić information content (AvgIpc) is 3.07. The summed E-state index contributed by atoms with van der Waals surface area (Å²) in [5.41, 5.74) is 6.81. The van der Waals surface area contributed by atoms with Crippen LogP contribution in [0.25, 0.3) is 0 Å². The van der Waals surface area contributed by atoms with Gasteiger partial charge in [-0.25, -0.2) is 9.67 Å². The van der Waals surface area contributed by atoms with Gasteiger partial charge in [-0.2, -0.15) is 0 Å². The summed E-state index contributed by atoms with van der Waals surface area (Å²) in [5, 5.41) is 12.9. The molecule has 2 N–H and O–H groups in total. The topological polar surface area (TPSA) is 82.5 Å². The Morgan fingerprint density at radius 2 is 2.21 bits per heavy atom. The first-order valence-electron chi connectivity index (χ1n) is 6.44. The lowest BCUT2D eigenvalue weighted by Crippen LogP contribution is -2.08. The van der Waals surface area contributed by atoms with Crippen LogP contribution in [0.3, 0.4) is 0 Å². The fourth-order valence-corrected chi connectivity index (χ4v) is 3.28. The maximum absolute atomic E-state index is 5.67. The first kappa shape index (κ1) is 12.4. The van der Waals surface area contributed by atoms with E-state index in [0.717, 1.165) is 16.5 Å². The highest BCUT2D eigenvalue weighted by Crippen LogP contribution is 2.32. The number of nitrogen functional groups attached to an aromatic ring is 1. The predicted molar refractivity (Wildman–Crippen MR) is 73.5 cm³/mol. The molecule has 0 radical (unpaired) electrons. The fourth-order valence-electron chi connectivity index (χ4n) is 2.39. The van der Waals surface area contributed by atoms with E-state index in [4.69, 9.17) is 5.73 Å². The van der Waals surface area contributed by atoms with Gasteiger partial charge in [0.25, 0.3) is 0 Å². The Labute approximate surface area is 115 Å². The molecule has 0 spiro atoms. The van der Waals surface area contributed by atoms with Gasteiger partial charge in [-0.15, -0.1) is 5.10 Å². The molecule has 0 aliphatic heterocycles. The van der Waals surface area contributed by atoms with E-state index in [2.05, 4.69) is 20.5 Å². The zero-order valence-electron chi connectivity index (χ0n) is 10.6. The SMILES string of the molecule is Nc1cc(CSc2nnnn2C2CCCC2)ccn1. The molecule has 19 heavy (non-hydrogen) atoms. The molecule has 0 aromatic carbocycles. The Kier molecular flexibility index (Phi) is 3.63. The number of nitrogens with zero attached hydrogens (tertiary/aromatic N) is 5. The third-order valence-corrected chi connectivity index (χ3v) is 4.35. The minimum absolute atomic E-state index is 0.472. The van der Waals surface area contributed by atoms with E-state index in [0.29, 0.717) is 11.9 Å².